The van der Waals surface area contributed by atoms with Gasteiger partial charge in [-0.1, -0.05) is 0 Å². The Balaban J connectivity index is 1.54. The Morgan fingerprint density at radius 3 is 2.28 bits per heavy atom. The Morgan fingerprint density at radius 2 is 1.69 bits per heavy atom. The van der Waals surface area contributed by atoms with Crippen molar-refractivity contribution in [1.29, 1.82) is 0 Å². The van der Waals surface area contributed by atoms with Crippen molar-refractivity contribution in [3.8, 4) is 0 Å². The summed E-state index contributed by atoms with van der Waals surface area (Å²) in [7, 11) is 0. The molecule has 3 N–H and O–H groups in total. The summed E-state index contributed by atoms with van der Waals surface area (Å²) in [6.07, 6.45) is 1.57. The van der Waals surface area contributed by atoms with Gasteiger partial charge in [-0.2, -0.15) is 10.1 Å². The van der Waals surface area contributed by atoms with Crippen LogP contribution in [-0.2, 0) is 5.54 Å². The predicted octanol–water partition coefficient (Wildman–Crippen LogP) is 1.30. The number of nitrogens with two attached hydrogens (primary N) is 1. The molecular weight excluding hydrogens is 370 g/mol. The van der Waals surface area contributed by atoms with E-state index in [-0.39, 0.29) is 11.1 Å². The van der Waals surface area contributed by atoms with E-state index in [9.17, 15) is 9.59 Å². The number of hydrogen-bond donors (Lipinski definition) is 2. The standard InChI is InChI=1S/C20H25N7O2/c1-20(2,3)27-17-15(12-22-27)18(29)24-19(23-17)26-10-8-25(9-11-26)14-6-4-13(5-7-14)16(21)28/h4-7,12H,8-11H2,1-3H3,(H2,21,28)(H,23,24,29). The van der Waals surface area contributed by atoms with Crippen LogP contribution in [0, 0.1) is 0 Å². The van der Waals surface area contributed by atoms with Crippen LogP contribution >= 0.6 is 0 Å². The second kappa shape index (κ2) is 6.91. The normalized spacial score (nSPS) is 15.1. The lowest BCUT2D eigenvalue weighted by atomic mass is 10.1. The van der Waals surface area contributed by atoms with Gasteiger partial charge < -0.3 is 15.5 Å². The lowest BCUT2D eigenvalue weighted by Crippen LogP contribution is -2.47. The largest absolute Gasteiger partial charge is 0.368 e. The molecule has 2 aromatic heterocycles. The molecule has 3 aromatic rings. The van der Waals surface area contributed by atoms with E-state index in [0.717, 1.165) is 31.9 Å². The average molecular weight is 395 g/mol. The molecule has 9 heteroatoms. The van der Waals surface area contributed by atoms with Gasteiger partial charge in [0.05, 0.1) is 11.7 Å². The van der Waals surface area contributed by atoms with Crippen molar-refractivity contribution in [2.45, 2.75) is 26.3 Å². The van der Waals surface area contributed by atoms with E-state index in [1.807, 2.05) is 32.9 Å². The Bertz CT molecular complexity index is 1100. The zero-order valence-electron chi connectivity index (χ0n) is 16.8. The molecule has 1 saturated heterocycles. The van der Waals surface area contributed by atoms with E-state index in [1.54, 1.807) is 23.0 Å². The first-order valence-corrected chi connectivity index (χ1v) is 9.62. The number of amides is 1. The molecule has 1 aliphatic rings. The fraction of sp³-hybridized carbons (Fsp3) is 0.400. The van der Waals surface area contributed by atoms with Crippen molar-refractivity contribution in [2.75, 3.05) is 36.0 Å². The van der Waals surface area contributed by atoms with Crippen molar-refractivity contribution in [3.05, 3.63) is 46.4 Å². The average Bonchev–Trinajstić information content (AvgIpc) is 3.13. The third-order valence-electron chi connectivity index (χ3n) is 5.16. The van der Waals surface area contributed by atoms with Gasteiger partial charge in [-0.05, 0) is 45.0 Å². The molecule has 4 rings (SSSR count). The van der Waals surface area contributed by atoms with Crippen LogP contribution in [0.5, 0.6) is 0 Å². The topological polar surface area (TPSA) is 113 Å². The number of benzene rings is 1. The minimum Gasteiger partial charge on any atom is -0.368 e. The molecule has 0 radical (unpaired) electrons. The Morgan fingerprint density at radius 1 is 1.07 bits per heavy atom. The zero-order chi connectivity index (χ0) is 20.8. The quantitative estimate of drug-likeness (QED) is 0.691. The van der Waals surface area contributed by atoms with Crippen LogP contribution in [0.4, 0.5) is 11.6 Å². The van der Waals surface area contributed by atoms with Gasteiger partial charge in [0.15, 0.2) is 5.65 Å². The van der Waals surface area contributed by atoms with E-state index in [4.69, 9.17) is 10.7 Å². The zero-order valence-corrected chi connectivity index (χ0v) is 16.8. The molecule has 0 unspecified atom stereocenters. The van der Waals surface area contributed by atoms with Crippen LogP contribution in [0.15, 0.2) is 35.3 Å². The first kappa shape index (κ1) is 19.0. The summed E-state index contributed by atoms with van der Waals surface area (Å²) >= 11 is 0. The SMILES string of the molecule is CC(C)(C)n1ncc2c(=O)[nH]c(N3CCN(c4ccc(C(N)=O)cc4)CC3)nc21. The maximum atomic E-state index is 12.5. The molecule has 1 aromatic carbocycles. The third-order valence-corrected chi connectivity index (χ3v) is 5.16. The number of aromatic nitrogens is 4. The first-order chi connectivity index (χ1) is 13.7. The lowest BCUT2D eigenvalue weighted by Gasteiger charge is -2.36. The summed E-state index contributed by atoms with van der Waals surface area (Å²) in [5, 5.41) is 4.86. The number of aromatic amines is 1. The molecule has 29 heavy (non-hydrogen) atoms. The van der Waals surface area contributed by atoms with E-state index >= 15 is 0 Å². The van der Waals surface area contributed by atoms with Crippen LogP contribution < -0.4 is 21.1 Å². The smallest absolute Gasteiger partial charge is 0.263 e. The number of rotatable bonds is 3. The van der Waals surface area contributed by atoms with Crippen LogP contribution in [-0.4, -0.2) is 51.8 Å². The van der Waals surface area contributed by atoms with Crippen LogP contribution in [0.1, 0.15) is 31.1 Å². The van der Waals surface area contributed by atoms with Gasteiger partial charge in [-0.15, -0.1) is 0 Å². The second-order valence-corrected chi connectivity index (χ2v) is 8.24. The lowest BCUT2D eigenvalue weighted by molar-refractivity contribution is 0.100. The Kier molecular flexibility index (Phi) is 4.52. The van der Waals surface area contributed by atoms with Gasteiger partial charge in [-0.3, -0.25) is 14.6 Å². The molecule has 152 valence electrons. The van der Waals surface area contributed by atoms with E-state index in [1.165, 1.54) is 0 Å². The monoisotopic (exact) mass is 395 g/mol. The second-order valence-electron chi connectivity index (χ2n) is 8.24. The molecular formula is C20H25N7O2. The predicted molar refractivity (Wildman–Crippen MR) is 113 cm³/mol. The molecule has 9 nitrogen and oxygen atoms in total. The van der Waals surface area contributed by atoms with E-state index < -0.39 is 5.91 Å². The van der Waals surface area contributed by atoms with E-state index in [0.29, 0.717) is 22.5 Å². The minimum atomic E-state index is -0.429. The number of nitrogens with zero attached hydrogens (tertiary/aromatic N) is 5. The number of anilines is 2. The number of H-pyrrole nitrogens is 1. The van der Waals surface area contributed by atoms with Crippen molar-refractivity contribution < 1.29 is 4.79 Å². The number of fused-ring (bicyclic) bond motifs is 1. The van der Waals surface area contributed by atoms with Gasteiger partial charge in [0, 0.05) is 37.4 Å². The highest BCUT2D eigenvalue weighted by molar-refractivity contribution is 5.93. The molecule has 1 aliphatic heterocycles. The van der Waals surface area contributed by atoms with Crippen LogP contribution in [0.25, 0.3) is 11.0 Å². The molecule has 0 spiro atoms. The highest BCUT2D eigenvalue weighted by Crippen LogP contribution is 2.22. The molecule has 0 bridgehead atoms. The third kappa shape index (κ3) is 3.55. The van der Waals surface area contributed by atoms with Gasteiger partial charge in [0.1, 0.15) is 5.39 Å². The summed E-state index contributed by atoms with van der Waals surface area (Å²) in [6.45, 7) is 9.08. The summed E-state index contributed by atoms with van der Waals surface area (Å²) in [5.74, 6) is 0.138. The molecule has 1 fully saturated rings. The molecule has 0 atom stereocenters. The highest BCUT2D eigenvalue weighted by Gasteiger charge is 2.23. The minimum absolute atomic E-state index is 0.176. The highest BCUT2D eigenvalue weighted by atomic mass is 16.1. The number of carbonyl (C=O) groups excluding carboxylic acids is 1. The van der Waals surface area contributed by atoms with Gasteiger partial charge >= 0.3 is 0 Å². The van der Waals surface area contributed by atoms with Crippen LogP contribution in [0.3, 0.4) is 0 Å². The van der Waals surface area contributed by atoms with Crippen molar-refractivity contribution in [3.63, 3.8) is 0 Å². The summed E-state index contributed by atoms with van der Waals surface area (Å²) in [5.41, 5.74) is 7.00. The maximum Gasteiger partial charge on any atom is 0.263 e. The molecule has 0 saturated carbocycles. The Hall–Kier alpha value is -3.36. The maximum absolute atomic E-state index is 12.5. The van der Waals surface area contributed by atoms with Crippen molar-refractivity contribution >= 4 is 28.6 Å². The summed E-state index contributed by atoms with van der Waals surface area (Å²) in [6, 6.07) is 7.29. The Labute approximate surface area is 168 Å². The fourth-order valence-corrected chi connectivity index (χ4v) is 3.56. The van der Waals surface area contributed by atoms with Crippen molar-refractivity contribution in [2.24, 2.45) is 5.73 Å². The number of carbonyl (C=O) groups is 1. The van der Waals surface area contributed by atoms with Gasteiger partial charge in [-0.25, -0.2) is 4.68 Å². The summed E-state index contributed by atoms with van der Waals surface area (Å²) in [4.78, 5) is 35.7. The fourth-order valence-electron chi connectivity index (χ4n) is 3.56. The number of nitrogens with one attached hydrogen (secondary N) is 1. The van der Waals surface area contributed by atoms with Gasteiger partial charge in [0.25, 0.3) is 5.56 Å². The number of piperazine rings is 1. The van der Waals surface area contributed by atoms with Crippen LogP contribution in [0.2, 0.25) is 0 Å². The van der Waals surface area contributed by atoms with Gasteiger partial charge in [0.2, 0.25) is 11.9 Å². The van der Waals surface area contributed by atoms with E-state index in [2.05, 4.69) is 19.9 Å². The first-order valence-electron chi connectivity index (χ1n) is 9.62. The number of hydrogen-bond acceptors (Lipinski definition) is 6. The summed E-state index contributed by atoms with van der Waals surface area (Å²) < 4.78 is 1.79. The molecule has 0 aliphatic carbocycles. The van der Waals surface area contributed by atoms with Crippen molar-refractivity contribution in [1.82, 2.24) is 19.7 Å². The molecule has 1 amide bonds. The molecule has 3 heterocycles. The number of primary amides is 1.